The Kier molecular flexibility index (Phi) is 7.25. The summed E-state index contributed by atoms with van der Waals surface area (Å²) in [6, 6.07) is 10.7. The topological polar surface area (TPSA) is 119 Å². The van der Waals surface area contributed by atoms with Gasteiger partial charge in [-0.05, 0) is 56.3 Å². The van der Waals surface area contributed by atoms with Gasteiger partial charge in [-0.3, -0.25) is 9.59 Å². The number of nitrogens with one attached hydrogen (secondary N) is 2. The van der Waals surface area contributed by atoms with Crippen LogP contribution < -0.4 is 10.6 Å². The first-order valence-corrected chi connectivity index (χ1v) is 12.6. The first-order chi connectivity index (χ1) is 15.1. The zero-order valence-corrected chi connectivity index (χ0v) is 19.5. The summed E-state index contributed by atoms with van der Waals surface area (Å²) in [5.74, 6) is -2.33. The third-order valence-electron chi connectivity index (χ3n) is 4.82. The van der Waals surface area contributed by atoms with Gasteiger partial charge in [0.05, 0.1) is 33.8 Å². The van der Waals surface area contributed by atoms with E-state index in [1.165, 1.54) is 43.0 Å². The summed E-state index contributed by atoms with van der Waals surface area (Å²) < 4.78 is 30.6. The van der Waals surface area contributed by atoms with Gasteiger partial charge < -0.3 is 15.4 Å². The fraction of sp³-hybridized carbons (Fsp3) is 0.318. The number of ether oxygens (including phenoxy) is 1. The molecule has 1 heterocycles. The van der Waals surface area contributed by atoms with Crippen molar-refractivity contribution in [2.75, 3.05) is 23.0 Å². The minimum atomic E-state index is -3.77. The number of amides is 2. The monoisotopic (exact) mass is 476 g/mol. The molecule has 2 aromatic rings. The van der Waals surface area contributed by atoms with Crippen molar-refractivity contribution in [3.63, 3.8) is 0 Å². The second kappa shape index (κ2) is 9.74. The van der Waals surface area contributed by atoms with E-state index in [4.69, 9.17) is 4.74 Å². The van der Waals surface area contributed by atoms with Gasteiger partial charge in [-0.25, -0.2) is 13.2 Å². The van der Waals surface area contributed by atoms with Crippen LogP contribution in [0.5, 0.6) is 0 Å². The Morgan fingerprint density at radius 1 is 1.19 bits per heavy atom. The van der Waals surface area contributed by atoms with Gasteiger partial charge in [0.25, 0.3) is 0 Å². The Labute approximate surface area is 191 Å². The van der Waals surface area contributed by atoms with Crippen molar-refractivity contribution in [1.82, 2.24) is 0 Å². The molecule has 0 spiro atoms. The van der Waals surface area contributed by atoms with Crippen molar-refractivity contribution in [2.24, 2.45) is 5.92 Å². The maximum absolute atomic E-state index is 12.9. The number of thioether (sulfide) groups is 1. The lowest BCUT2D eigenvalue weighted by atomic mass is 10.1. The molecular weight excluding hydrogens is 452 g/mol. The van der Waals surface area contributed by atoms with E-state index in [0.717, 1.165) is 4.90 Å². The highest BCUT2D eigenvalue weighted by Gasteiger charge is 2.27. The van der Waals surface area contributed by atoms with Crippen molar-refractivity contribution in [3.8, 4) is 0 Å². The molecule has 3 rings (SSSR count). The second-order valence-corrected chi connectivity index (χ2v) is 10.8. The highest BCUT2D eigenvalue weighted by atomic mass is 32.2. The average Bonchev–Trinajstić information content (AvgIpc) is 2.74. The predicted octanol–water partition coefficient (Wildman–Crippen LogP) is 3.34. The minimum absolute atomic E-state index is 0.0464. The van der Waals surface area contributed by atoms with Crippen LogP contribution in [0.3, 0.4) is 0 Å². The van der Waals surface area contributed by atoms with Crippen LogP contribution in [-0.2, 0) is 24.2 Å². The molecule has 0 bridgehead atoms. The number of anilines is 2. The lowest BCUT2D eigenvalue weighted by Gasteiger charge is -2.22. The number of sulfone groups is 1. The van der Waals surface area contributed by atoms with E-state index >= 15 is 0 Å². The van der Waals surface area contributed by atoms with Crippen LogP contribution in [0.4, 0.5) is 11.4 Å². The SMILES string of the molecule is CCOC(=O)c1ccc(NC(=O)[C@@H](C)CS(=O)(=O)c2ccc3c(c2)NC(=O)[C@H](C)S3)cc1. The van der Waals surface area contributed by atoms with Gasteiger partial charge in [0.2, 0.25) is 11.8 Å². The van der Waals surface area contributed by atoms with E-state index in [0.29, 0.717) is 16.9 Å². The van der Waals surface area contributed by atoms with Crippen molar-refractivity contribution < 1.29 is 27.5 Å². The van der Waals surface area contributed by atoms with Crippen molar-refractivity contribution >= 4 is 50.8 Å². The predicted molar refractivity (Wildman–Crippen MR) is 123 cm³/mol. The number of rotatable bonds is 7. The molecule has 2 aromatic carbocycles. The summed E-state index contributed by atoms with van der Waals surface area (Å²) in [5.41, 5.74) is 1.25. The van der Waals surface area contributed by atoms with Crippen LogP contribution in [0.25, 0.3) is 0 Å². The van der Waals surface area contributed by atoms with Crippen LogP contribution in [-0.4, -0.2) is 43.8 Å². The van der Waals surface area contributed by atoms with Crippen molar-refractivity contribution in [1.29, 1.82) is 0 Å². The molecular formula is C22H24N2O6S2. The van der Waals surface area contributed by atoms with Gasteiger partial charge in [-0.2, -0.15) is 0 Å². The molecule has 2 atom stereocenters. The van der Waals surface area contributed by atoms with Crippen LogP contribution in [0.1, 0.15) is 31.1 Å². The Morgan fingerprint density at radius 2 is 1.88 bits per heavy atom. The molecule has 0 aliphatic carbocycles. The molecule has 0 saturated heterocycles. The Balaban J connectivity index is 1.66. The third-order valence-corrected chi connectivity index (χ3v) is 7.91. The van der Waals surface area contributed by atoms with E-state index in [9.17, 15) is 22.8 Å². The molecule has 2 amide bonds. The molecule has 0 saturated carbocycles. The fourth-order valence-electron chi connectivity index (χ4n) is 3.05. The molecule has 32 heavy (non-hydrogen) atoms. The zero-order chi connectivity index (χ0) is 23.5. The number of benzene rings is 2. The number of carbonyl (C=O) groups excluding carboxylic acids is 3. The van der Waals surface area contributed by atoms with Gasteiger partial charge in [-0.1, -0.05) is 6.92 Å². The fourth-order valence-corrected chi connectivity index (χ4v) is 5.56. The maximum Gasteiger partial charge on any atom is 0.338 e. The first kappa shape index (κ1) is 23.8. The van der Waals surface area contributed by atoms with E-state index in [2.05, 4.69) is 10.6 Å². The summed E-state index contributed by atoms with van der Waals surface area (Å²) in [6.45, 7) is 5.27. The van der Waals surface area contributed by atoms with Crippen LogP contribution in [0, 0.1) is 5.92 Å². The molecule has 8 nitrogen and oxygen atoms in total. The van der Waals surface area contributed by atoms with Crippen LogP contribution >= 0.6 is 11.8 Å². The lowest BCUT2D eigenvalue weighted by Crippen LogP contribution is -2.28. The van der Waals surface area contributed by atoms with E-state index in [1.807, 2.05) is 0 Å². The number of carbonyl (C=O) groups is 3. The molecule has 0 fully saturated rings. The molecule has 1 aliphatic heterocycles. The number of hydrogen-bond donors (Lipinski definition) is 2. The van der Waals surface area contributed by atoms with E-state index in [1.54, 1.807) is 32.0 Å². The highest BCUT2D eigenvalue weighted by molar-refractivity contribution is 8.01. The highest BCUT2D eigenvalue weighted by Crippen LogP contribution is 2.37. The summed E-state index contributed by atoms with van der Waals surface area (Å²) in [5, 5.41) is 5.12. The second-order valence-electron chi connectivity index (χ2n) is 7.38. The normalized spacial score (nSPS) is 16.5. The molecule has 170 valence electrons. The van der Waals surface area contributed by atoms with E-state index in [-0.39, 0.29) is 22.7 Å². The minimum Gasteiger partial charge on any atom is -0.462 e. The van der Waals surface area contributed by atoms with Crippen molar-refractivity contribution in [2.45, 2.75) is 35.8 Å². The summed E-state index contributed by atoms with van der Waals surface area (Å²) >= 11 is 1.36. The number of esters is 1. The zero-order valence-electron chi connectivity index (χ0n) is 17.9. The smallest absolute Gasteiger partial charge is 0.338 e. The maximum atomic E-state index is 12.9. The summed E-state index contributed by atoms with van der Waals surface area (Å²) in [4.78, 5) is 37.0. The number of fused-ring (bicyclic) bond motifs is 1. The quantitative estimate of drug-likeness (QED) is 0.588. The molecule has 0 radical (unpaired) electrons. The first-order valence-electron chi connectivity index (χ1n) is 10.0. The third kappa shape index (κ3) is 5.49. The Bertz CT molecular complexity index is 1150. The van der Waals surface area contributed by atoms with Gasteiger partial charge in [0.1, 0.15) is 0 Å². The van der Waals surface area contributed by atoms with Gasteiger partial charge in [-0.15, -0.1) is 11.8 Å². The summed E-state index contributed by atoms with van der Waals surface area (Å²) in [6.07, 6.45) is 0. The standard InChI is InChI=1S/C22H24N2O6S2/c1-4-30-22(27)15-5-7-16(8-6-15)23-20(25)13(2)12-32(28,29)17-9-10-19-18(11-17)24-21(26)14(3)31-19/h5-11,13-14H,4,12H2,1-3H3,(H,23,25)(H,24,26)/t13-,14-/m0/s1. The van der Waals surface area contributed by atoms with Crippen molar-refractivity contribution in [3.05, 3.63) is 48.0 Å². The molecule has 1 aliphatic rings. The Morgan fingerprint density at radius 3 is 2.53 bits per heavy atom. The van der Waals surface area contributed by atoms with Crippen LogP contribution in [0.2, 0.25) is 0 Å². The largest absolute Gasteiger partial charge is 0.462 e. The van der Waals surface area contributed by atoms with Gasteiger partial charge in [0.15, 0.2) is 9.84 Å². The van der Waals surface area contributed by atoms with Crippen LogP contribution in [0.15, 0.2) is 52.3 Å². The van der Waals surface area contributed by atoms with Gasteiger partial charge >= 0.3 is 5.97 Å². The van der Waals surface area contributed by atoms with Gasteiger partial charge in [0, 0.05) is 16.5 Å². The average molecular weight is 477 g/mol. The molecule has 0 aromatic heterocycles. The molecule has 2 N–H and O–H groups in total. The molecule has 0 unspecified atom stereocenters. The Hall–Kier alpha value is -2.85. The van der Waals surface area contributed by atoms with E-state index < -0.39 is 33.4 Å². The molecule has 10 heteroatoms. The lowest BCUT2D eigenvalue weighted by molar-refractivity contribution is -0.119. The number of hydrogen-bond acceptors (Lipinski definition) is 7. The summed E-state index contributed by atoms with van der Waals surface area (Å²) in [7, 11) is -3.77.